The summed E-state index contributed by atoms with van der Waals surface area (Å²) in [6.07, 6.45) is 0.710. The summed E-state index contributed by atoms with van der Waals surface area (Å²) in [5.74, 6) is 1.69. The van der Waals surface area contributed by atoms with Crippen LogP contribution in [0.25, 0.3) is 0 Å². The molecule has 3 aromatic rings. The molecule has 0 radical (unpaired) electrons. The van der Waals surface area contributed by atoms with Gasteiger partial charge in [-0.2, -0.15) is 5.10 Å². The first kappa shape index (κ1) is 20.7. The molecule has 158 valence electrons. The van der Waals surface area contributed by atoms with Gasteiger partial charge in [0.05, 0.1) is 26.0 Å². The number of aromatic nitrogens is 2. The van der Waals surface area contributed by atoms with Crippen LogP contribution in [0.5, 0.6) is 11.5 Å². The van der Waals surface area contributed by atoms with Crippen molar-refractivity contribution in [3.8, 4) is 11.5 Å². The summed E-state index contributed by atoms with van der Waals surface area (Å²) >= 11 is 5.90. The van der Waals surface area contributed by atoms with E-state index in [0.717, 1.165) is 48.9 Å². The van der Waals surface area contributed by atoms with Gasteiger partial charge in [0.1, 0.15) is 17.6 Å². The number of nitrogens with one attached hydrogen (secondary N) is 1. The van der Waals surface area contributed by atoms with Crippen molar-refractivity contribution in [2.24, 2.45) is 0 Å². The predicted octanol–water partition coefficient (Wildman–Crippen LogP) is 4.27. The van der Waals surface area contributed by atoms with Crippen molar-refractivity contribution in [3.05, 3.63) is 76.6 Å². The fourth-order valence-electron chi connectivity index (χ4n) is 3.54. The number of methoxy groups -OCH3 is 1. The Bertz CT molecular complexity index is 945. The van der Waals surface area contributed by atoms with Gasteiger partial charge in [-0.25, -0.2) is 0 Å². The van der Waals surface area contributed by atoms with Gasteiger partial charge in [-0.05, 0) is 48.0 Å². The molecule has 6 nitrogen and oxygen atoms in total. The van der Waals surface area contributed by atoms with Crippen LogP contribution in [0.2, 0.25) is 5.02 Å². The van der Waals surface area contributed by atoms with E-state index in [4.69, 9.17) is 25.8 Å². The van der Waals surface area contributed by atoms with Crippen LogP contribution >= 0.6 is 11.6 Å². The molecule has 1 aliphatic rings. The van der Waals surface area contributed by atoms with E-state index in [0.29, 0.717) is 18.2 Å². The number of halogens is 1. The largest absolute Gasteiger partial charge is 0.497 e. The third-order valence-electron chi connectivity index (χ3n) is 5.13. The quantitative estimate of drug-likeness (QED) is 0.581. The zero-order valence-corrected chi connectivity index (χ0v) is 17.8. The summed E-state index contributed by atoms with van der Waals surface area (Å²) < 4.78 is 17.1. The Balaban J connectivity index is 1.29. The van der Waals surface area contributed by atoms with E-state index in [-0.39, 0.29) is 6.10 Å². The van der Waals surface area contributed by atoms with E-state index in [1.54, 1.807) is 7.11 Å². The van der Waals surface area contributed by atoms with Gasteiger partial charge in [0, 0.05) is 36.8 Å². The highest BCUT2D eigenvalue weighted by Crippen LogP contribution is 2.23. The van der Waals surface area contributed by atoms with E-state index in [2.05, 4.69) is 33.3 Å². The Labute approximate surface area is 181 Å². The summed E-state index contributed by atoms with van der Waals surface area (Å²) in [5, 5.41) is 8.29. The molecule has 0 spiro atoms. The van der Waals surface area contributed by atoms with Gasteiger partial charge in [-0.1, -0.05) is 23.7 Å². The maximum absolute atomic E-state index is 5.98. The van der Waals surface area contributed by atoms with Crippen LogP contribution in [0, 0.1) is 0 Å². The number of nitrogens with zero attached hydrogens (tertiary/aromatic N) is 2. The summed E-state index contributed by atoms with van der Waals surface area (Å²) in [5.41, 5.74) is 3.20. The van der Waals surface area contributed by atoms with Crippen LogP contribution in [-0.4, -0.2) is 48.5 Å². The minimum Gasteiger partial charge on any atom is -0.497 e. The first-order chi connectivity index (χ1) is 14.7. The highest BCUT2D eigenvalue weighted by molar-refractivity contribution is 6.30. The average molecular weight is 428 g/mol. The number of rotatable bonds is 8. The lowest BCUT2D eigenvalue weighted by atomic mass is 10.1. The van der Waals surface area contributed by atoms with Gasteiger partial charge >= 0.3 is 0 Å². The average Bonchev–Trinajstić information content (AvgIpc) is 3.24. The van der Waals surface area contributed by atoms with E-state index < -0.39 is 0 Å². The van der Waals surface area contributed by atoms with Crippen molar-refractivity contribution in [2.45, 2.75) is 19.1 Å². The van der Waals surface area contributed by atoms with Crippen molar-refractivity contribution in [3.63, 3.8) is 0 Å². The van der Waals surface area contributed by atoms with Crippen molar-refractivity contribution < 1.29 is 14.2 Å². The van der Waals surface area contributed by atoms with E-state index in [1.807, 2.05) is 36.4 Å². The molecule has 2 heterocycles. The Kier molecular flexibility index (Phi) is 6.89. The second kappa shape index (κ2) is 9.98. The molecule has 4 rings (SSSR count). The smallest absolute Gasteiger partial charge is 0.119 e. The molecule has 0 saturated carbocycles. The maximum atomic E-state index is 5.98. The molecule has 30 heavy (non-hydrogen) atoms. The lowest BCUT2D eigenvalue weighted by molar-refractivity contribution is -0.0350. The predicted molar refractivity (Wildman–Crippen MR) is 116 cm³/mol. The van der Waals surface area contributed by atoms with Gasteiger partial charge in [-0.3, -0.25) is 10.00 Å². The fourth-order valence-corrected chi connectivity index (χ4v) is 3.66. The molecular weight excluding hydrogens is 402 g/mol. The van der Waals surface area contributed by atoms with E-state index in [9.17, 15) is 0 Å². The SMILES string of the molecule is COc1cccc(CN2CCOC(c3cc(CCOc4ccc(Cl)cc4)[nH]n3)C2)c1. The van der Waals surface area contributed by atoms with Crippen LogP contribution in [-0.2, 0) is 17.7 Å². The summed E-state index contributed by atoms with van der Waals surface area (Å²) in [6, 6.07) is 17.7. The minimum absolute atomic E-state index is 0.0356. The Morgan fingerprint density at radius 1 is 1.17 bits per heavy atom. The molecule has 1 unspecified atom stereocenters. The lowest BCUT2D eigenvalue weighted by Gasteiger charge is -2.32. The van der Waals surface area contributed by atoms with Crippen molar-refractivity contribution in [2.75, 3.05) is 33.4 Å². The Morgan fingerprint density at radius 2 is 2.03 bits per heavy atom. The molecule has 0 bridgehead atoms. The van der Waals surface area contributed by atoms with Gasteiger partial charge in [0.25, 0.3) is 0 Å². The van der Waals surface area contributed by atoms with Crippen molar-refractivity contribution in [1.82, 2.24) is 15.1 Å². The molecule has 1 aromatic heterocycles. The van der Waals surface area contributed by atoms with E-state index >= 15 is 0 Å². The number of H-pyrrole nitrogens is 1. The molecule has 7 heteroatoms. The number of aromatic amines is 1. The zero-order valence-electron chi connectivity index (χ0n) is 17.0. The molecule has 2 aromatic carbocycles. The summed E-state index contributed by atoms with van der Waals surface area (Å²) in [6.45, 7) is 3.83. The molecule has 1 atom stereocenters. The third-order valence-corrected chi connectivity index (χ3v) is 5.38. The van der Waals surface area contributed by atoms with Crippen LogP contribution in [0.1, 0.15) is 23.1 Å². The Morgan fingerprint density at radius 3 is 2.87 bits per heavy atom. The fraction of sp³-hybridized carbons (Fsp3) is 0.348. The molecule has 0 amide bonds. The summed E-state index contributed by atoms with van der Waals surface area (Å²) in [7, 11) is 1.69. The van der Waals surface area contributed by atoms with Crippen LogP contribution in [0.3, 0.4) is 0 Å². The lowest BCUT2D eigenvalue weighted by Crippen LogP contribution is -2.37. The van der Waals surface area contributed by atoms with Crippen LogP contribution in [0.4, 0.5) is 0 Å². The van der Waals surface area contributed by atoms with Gasteiger partial charge in [-0.15, -0.1) is 0 Å². The van der Waals surface area contributed by atoms with Crippen molar-refractivity contribution in [1.29, 1.82) is 0 Å². The molecule has 0 aliphatic carbocycles. The monoisotopic (exact) mass is 427 g/mol. The first-order valence-electron chi connectivity index (χ1n) is 10.1. The Hall–Kier alpha value is -2.54. The molecule has 1 saturated heterocycles. The molecule has 1 N–H and O–H groups in total. The summed E-state index contributed by atoms with van der Waals surface area (Å²) in [4.78, 5) is 2.39. The number of hydrogen-bond donors (Lipinski definition) is 1. The van der Waals surface area contributed by atoms with E-state index in [1.165, 1.54) is 5.56 Å². The topological polar surface area (TPSA) is 59.6 Å². The number of hydrogen-bond acceptors (Lipinski definition) is 5. The highest BCUT2D eigenvalue weighted by atomic mass is 35.5. The third kappa shape index (κ3) is 5.53. The standard InChI is InChI=1S/C23H26ClN3O3/c1-28-21-4-2-3-17(13-21)15-27-10-12-30-23(16-27)22-14-19(25-26-22)9-11-29-20-7-5-18(24)6-8-20/h2-8,13-14,23H,9-12,15-16H2,1H3,(H,25,26). The highest BCUT2D eigenvalue weighted by Gasteiger charge is 2.24. The molecule has 1 aliphatic heterocycles. The van der Waals surface area contributed by atoms with Crippen LogP contribution < -0.4 is 9.47 Å². The van der Waals surface area contributed by atoms with Gasteiger partial charge < -0.3 is 14.2 Å². The second-order valence-electron chi connectivity index (χ2n) is 7.32. The number of ether oxygens (including phenoxy) is 3. The number of benzene rings is 2. The first-order valence-corrected chi connectivity index (χ1v) is 10.5. The normalized spacial score (nSPS) is 17.1. The van der Waals surface area contributed by atoms with Crippen molar-refractivity contribution >= 4 is 11.6 Å². The van der Waals surface area contributed by atoms with Gasteiger partial charge in [0.2, 0.25) is 0 Å². The molecule has 1 fully saturated rings. The molecular formula is C23H26ClN3O3. The maximum Gasteiger partial charge on any atom is 0.119 e. The zero-order chi connectivity index (χ0) is 20.8. The van der Waals surface area contributed by atoms with Gasteiger partial charge in [0.15, 0.2) is 0 Å². The number of morpholine rings is 1. The van der Waals surface area contributed by atoms with Crippen LogP contribution in [0.15, 0.2) is 54.6 Å². The minimum atomic E-state index is -0.0356. The second-order valence-corrected chi connectivity index (χ2v) is 7.75.